The van der Waals surface area contributed by atoms with Gasteiger partial charge in [-0.25, -0.2) is 9.59 Å². The predicted molar refractivity (Wildman–Crippen MR) is 107 cm³/mol. The highest BCUT2D eigenvalue weighted by molar-refractivity contribution is 7.14. The number of hydrogen-bond donors (Lipinski definition) is 3. The van der Waals surface area contributed by atoms with Crippen LogP contribution >= 0.6 is 11.3 Å². The van der Waals surface area contributed by atoms with Gasteiger partial charge in [-0.05, 0) is 39.8 Å². The first-order chi connectivity index (χ1) is 13.2. The lowest BCUT2D eigenvalue weighted by atomic mass is 10.2. The number of thiophene rings is 1. The number of amides is 1. The number of nitrogens with zero attached hydrogens (tertiary/aromatic N) is 1. The van der Waals surface area contributed by atoms with Gasteiger partial charge in [-0.3, -0.25) is 9.69 Å². The zero-order valence-corrected chi connectivity index (χ0v) is 17.5. The Morgan fingerprint density at radius 3 is 2.36 bits per heavy atom. The van der Waals surface area contributed by atoms with Gasteiger partial charge in [-0.2, -0.15) is 0 Å². The molecule has 1 aliphatic heterocycles. The van der Waals surface area contributed by atoms with Gasteiger partial charge in [0, 0.05) is 35.2 Å². The van der Waals surface area contributed by atoms with Crippen molar-refractivity contribution in [3.05, 3.63) is 27.5 Å². The lowest BCUT2D eigenvalue weighted by Crippen LogP contribution is -2.39. The van der Waals surface area contributed by atoms with E-state index in [4.69, 9.17) is 14.9 Å². The van der Waals surface area contributed by atoms with E-state index in [0.717, 1.165) is 35.8 Å². The summed E-state index contributed by atoms with van der Waals surface area (Å²) in [4.78, 5) is 35.7. The SMILES string of the molecule is CCN1CCCC1CNC(=O)c1sc(C)c(C)c1OC.O=C(O)/C=C/C(=O)O. The molecule has 2 rings (SSSR count). The Labute approximate surface area is 168 Å². The summed E-state index contributed by atoms with van der Waals surface area (Å²) in [5.41, 5.74) is 1.07. The molecule has 0 spiro atoms. The number of carboxylic acid groups (broad SMARTS) is 2. The lowest BCUT2D eigenvalue weighted by molar-refractivity contribution is -0.134. The number of hydrogen-bond acceptors (Lipinski definition) is 6. The van der Waals surface area contributed by atoms with E-state index in [2.05, 4.69) is 17.1 Å². The highest BCUT2D eigenvalue weighted by atomic mass is 32.1. The number of methoxy groups -OCH3 is 1. The molecule has 1 aromatic heterocycles. The first-order valence-corrected chi connectivity index (χ1v) is 9.83. The number of aryl methyl sites for hydroxylation is 1. The van der Waals surface area contributed by atoms with Crippen molar-refractivity contribution in [1.82, 2.24) is 10.2 Å². The average molecular weight is 413 g/mol. The molecule has 2 heterocycles. The Kier molecular flexibility index (Phi) is 9.67. The highest BCUT2D eigenvalue weighted by Crippen LogP contribution is 2.34. The molecule has 0 radical (unpaired) electrons. The molecule has 3 N–H and O–H groups in total. The van der Waals surface area contributed by atoms with Crippen LogP contribution in [0.25, 0.3) is 0 Å². The molecule has 1 amide bonds. The summed E-state index contributed by atoms with van der Waals surface area (Å²) >= 11 is 1.51. The van der Waals surface area contributed by atoms with Crippen molar-refractivity contribution in [1.29, 1.82) is 0 Å². The van der Waals surface area contributed by atoms with Crippen molar-refractivity contribution in [3.8, 4) is 5.75 Å². The van der Waals surface area contributed by atoms with Gasteiger partial charge >= 0.3 is 11.9 Å². The average Bonchev–Trinajstić information content (AvgIpc) is 3.22. The van der Waals surface area contributed by atoms with Crippen molar-refractivity contribution >= 4 is 29.2 Å². The van der Waals surface area contributed by atoms with E-state index < -0.39 is 11.9 Å². The smallest absolute Gasteiger partial charge is 0.328 e. The second kappa shape index (κ2) is 11.5. The number of nitrogens with one attached hydrogen (secondary N) is 1. The monoisotopic (exact) mass is 412 g/mol. The van der Waals surface area contributed by atoms with Crippen molar-refractivity contribution in [3.63, 3.8) is 0 Å². The van der Waals surface area contributed by atoms with Gasteiger partial charge in [-0.1, -0.05) is 6.92 Å². The molecule has 156 valence electrons. The highest BCUT2D eigenvalue weighted by Gasteiger charge is 2.25. The van der Waals surface area contributed by atoms with Crippen LogP contribution < -0.4 is 10.1 Å². The number of likely N-dealkylation sites (N-methyl/N-ethyl adjacent to an activating group) is 1. The fourth-order valence-electron chi connectivity index (χ4n) is 2.98. The van der Waals surface area contributed by atoms with Gasteiger partial charge < -0.3 is 20.3 Å². The third kappa shape index (κ3) is 6.97. The van der Waals surface area contributed by atoms with Crippen LogP contribution in [-0.4, -0.2) is 65.7 Å². The Morgan fingerprint density at radius 2 is 1.86 bits per heavy atom. The summed E-state index contributed by atoms with van der Waals surface area (Å²) in [5.74, 6) is -1.80. The van der Waals surface area contributed by atoms with E-state index in [0.29, 0.717) is 23.1 Å². The van der Waals surface area contributed by atoms with Crippen LogP contribution in [0, 0.1) is 13.8 Å². The van der Waals surface area contributed by atoms with Crippen LogP contribution in [0.15, 0.2) is 12.2 Å². The molecule has 9 heteroatoms. The minimum absolute atomic E-state index is 0.00833. The molecule has 28 heavy (non-hydrogen) atoms. The summed E-state index contributed by atoms with van der Waals surface area (Å²) in [6.45, 7) is 9.13. The Bertz CT molecular complexity index is 712. The van der Waals surface area contributed by atoms with Crippen molar-refractivity contribution in [2.75, 3.05) is 26.7 Å². The number of rotatable bonds is 7. The van der Waals surface area contributed by atoms with Crippen LogP contribution in [0.4, 0.5) is 0 Å². The minimum Gasteiger partial charge on any atom is -0.495 e. The van der Waals surface area contributed by atoms with Gasteiger partial charge in [0.05, 0.1) is 7.11 Å². The first-order valence-electron chi connectivity index (χ1n) is 9.01. The maximum absolute atomic E-state index is 12.3. The van der Waals surface area contributed by atoms with Gasteiger partial charge in [0.1, 0.15) is 10.6 Å². The topological polar surface area (TPSA) is 116 Å². The molecule has 1 unspecified atom stereocenters. The van der Waals surface area contributed by atoms with Crippen molar-refractivity contribution in [2.45, 2.75) is 39.7 Å². The molecule has 0 aromatic carbocycles. The fourth-order valence-corrected chi connectivity index (χ4v) is 4.02. The molecule has 0 aliphatic carbocycles. The number of carbonyl (C=O) groups is 3. The van der Waals surface area contributed by atoms with Crippen LogP contribution in [0.5, 0.6) is 5.75 Å². The molecule has 1 fully saturated rings. The third-order valence-corrected chi connectivity index (χ3v) is 5.70. The minimum atomic E-state index is -1.26. The van der Waals surface area contributed by atoms with E-state index >= 15 is 0 Å². The molecular weight excluding hydrogens is 384 g/mol. The van der Waals surface area contributed by atoms with E-state index in [1.54, 1.807) is 7.11 Å². The lowest BCUT2D eigenvalue weighted by Gasteiger charge is -2.22. The summed E-state index contributed by atoms with van der Waals surface area (Å²) in [7, 11) is 1.63. The van der Waals surface area contributed by atoms with Gasteiger partial charge in [0.2, 0.25) is 0 Å². The maximum Gasteiger partial charge on any atom is 0.328 e. The molecule has 1 saturated heterocycles. The van der Waals surface area contributed by atoms with Gasteiger partial charge in [0.25, 0.3) is 5.91 Å². The first kappa shape index (κ1) is 23.6. The van der Waals surface area contributed by atoms with Gasteiger partial charge in [-0.15, -0.1) is 11.3 Å². The molecular formula is C19H28N2O6S. The summed E-state index contributed by atoms with van der Waals surface area (Å²) in [5, 5.41) is 18.7. The zero-order chi connectivity index (χ0) is 21.3. The predicted octanol–water partition coefficient (Wildman–Crippen LogP) is 2.30. The normalized spacial score (nSPS) is 16.5. The van der Waals surface area contributed by atoms with E-state index in [1.165, 1.54) is 24.2 Å². The van der Waals surface area contributed by atoms with Gasteiger partial charge in [0.15, 0.2) is 0 Å². The third-order valence-electron chi connectivity index (χ3n) is 4.51. The quantitative estimate of drug-likeness (QED) is 0.588. The molecule has 1 aromatic rings. The number of carboxylic acids is 2. The summed E-state index contributed by atoms with van der Waals surface area (Å²) in [6.07, 6.45) is 3.52. The second-order valence-electron chi connectivity index (χ2n) is 6.29. The Morgan fingerprint density at radius 1 is 1.25 bits per heavy atom. The second-order valence-corrected chi connectivity index (χ2v) is 7.51. The van der Waals surface area contributed by atoms with Crippen LogP contribution in [-0.2, 0) is 9.59 Å². The maximum atomic E-state index is 12.3. The van der Waals surface area contributed by atoms with Crippen LogP contribution in [0.2, 0.25) is 0 Å². The van der Waals surface area contributed by atoms with Crippen LogP contribution in [0.3, 0.4) is 0 Å². The Balaban J connectivity index is 0.000000416. The summed E-state index contributed by atoms with van der Waals surface area (Å²) in [6, 6.07) is 0.483. The van der Waals surface area contributed by atoms with Crippen molar-refractivity contribution in [2.24, 2.45) is 0 Å². The number of carbonyl (C=O) groups excluding carboxylic acids is 1. The van der Waals surface area contributed by atoms with E-state index in [9.17, 15) is 14.4 Å². The van der Waals surface area contributed by atoms with Crippen molar-refractivity contribution < 1.29 is 29.3 Å². The molecule has 0 bridgehead atoms. The molecule has 8 nitrogen and oxygen atoms in total. The number of ether oxygens (including phenoxy) is 1. The molecule has 1 atom stereocenters. The summed E-state index contributed by atoms with van der Waals surface area (Å²) < 4.78 is 5.37. The Hall–Kier alpha value is -2.39. The zero-order valence-electron chi connectivity index (χ0n) is 16.7. The van der Waals surface area contributed by atoms with E-state index in [-0.39, 0.29) is 5.91 Å². The number of aliphatic carboxylic acids is 2. The largest absolute Gasteiger partial charge is 0.495 e. The standard InChI is InChI=1S/C15H24N2O2S.C4H4O4/c1-5-17-8-6-7-12(17)9-16-15(18)14-13(19-4)10(2)11(3)20-14;5-3(6)1-2-4(7)8/h12H,5-9H2,1-4H3,(H,16,18);1-2H,(H,5,6)(H,7,8)/b;2-1+. The fraction of sp³-hybridized carbons (Fsp3) is 0.526. The van der Waals surface area contributed by atoms with Crippen LogP contribution in [0.1, 0.15) is 39.9 Å². The number of likely N-dealkylation sites (tertiary alicyclic amines) is 1. The van der Waals surface area contributed by atoms with E-state index in [1.807, 2.05) is 13.8 Å². The molecule has 1 aliphatic rings. The molecule has 0 saturated carbocycles.